The number of fused-ring (bicyclic) bond motifs is 1. The van der Waals surface area contributed by atoms with Gasteiger partial charge in [-0.2, -0.15) is 0 Å². The van der Waals surface area contributed by atoms with E-state index in [2.05, 4.69) is 15.6 Å². The largest absolute Gasteiger partial charge is 0.380 e. The molecule has 0 radical (unpaired) electrons. The van der Waals surface area contributed by atoms with Gasteiger partial charge in [-0.05, 0) is 31.2 Å². The van der Waals surface area contributed by atoms with E-state index >= 15 is 0 Å². The first-order valence-corrected chi connectivity index (χ1v) is 5.84. The van der Waals surface area contributed by atoms with Gasteiger partial charge in [-0.3, -0.25) is 4.98 Å². The predicted octanol–water partition coefficient (Wildman–Crippen LogP) is 2.57. The molecule has 2 N–H and O–H groups in total. The van der Waals surface area contributed by atoms with Crippen LogP contribution in [0.25, 0.3) is 10.9 Å². The first-order chi connectivity index (χ1) is 8.33. The van der Waals surface area contributed by atoms with Crippen molar-refractivity contribution in [3.05, 3.63) is 36.3 Å². The second-order valence-corrected chi connectivity index (χ2v) is 4.36. The molecule has 0 aliphatic carbocycles. The van der Waals surface area contributed by atoms with E-state index in [0.717, 1.165) is 36.1 Å². The van der Waals surface area contributed by atoms with Crippen LogP contribution in [0.3, 0.4) is 0 Å². The van der Waals surface area contributed by atoms with Crippen LogP contribution in [0.4, 0.5) is 10.1 Å². The van der Waals surface area contributed by atoms with Crippen LogP contribution in [0.2, 0.25) is 0 Å². The highest BCUT2D eigenvalue weighted by Crippen LogP contribution is 2.23. The lowest BCUT2D eigenvalue weighted by Crippen LogP contribution is -2.22. The quantitative estimate of drug-likeness (QED) is 0.878. The summed E-state index contributed by atoms with van der Waals surface area (Å²) in [5.74, 6) is -0.295. The summed E-state index contributed by atoms with van der Waals surface area (Å²) >= 11 is 0. The Balaban J connectivity index is 0.00000120. The average Bonchev–Trinajstić information content (AvgIpc) is 2.83. The van der Waals surface area contributed by atoms with Gasteiger partial charge in [0, 0.05) is 23.7 Å². The molecule has 1 aliphatic rings. The highest BCUT2D eigenvalue weighted by atomic mass is 35.5. The molecule has 3 rings (SSSR count). The average molecular weight is 268 g/mol. The van der Waals surface area contributed by atoms with Crippen molar-refractivity contribution in [2.75, 3.05) is 18.4 Å². The van der Waals surface area contributed by atoms with E-state index in [0.29, 0.717) is 6.04 Å². The Morgan fingerprint density at radius 1 is 1.39 bits per heavy atom. The van der Waals surface area contributed by atoms with Crippen molar-refractivity contribution >= 4 is 29.0 Å². The summed E-state index contributed by atoms with van der Waals surface area (Å²) in [7, 11) is 0. The predicted molar refractivity (Wildman–Crippen MR) is 73.8 cm³/mol. The number of pyridine rings is 1. The van der Waals surface area contributed by atoms with Crippen molar-refractivity contribution in [2.24, 2.45) is 0 Å². The molecular weight excluding hydrogens is 253 g/mol. The van der Waals surface area contributed by atoms with E-state index in [9.17, 15) is 4.39 Å². The standard InChI is InChI=1S/C13H14FN3.ClH/c14-9-6-11-12(16-7-9)2-1-3-13(11)17-10-4-5-15-8-10;/h1-3,6-7,10,15,17H,4-5,8H2;1H. The Hall–Kier alpha value is -1.39. The van der Waals surface area contributed by atoms with Gasteiger partial charge < -0.3 is 10.6 Å². The van der Waals surface area contributed by atoms with Gasteiger partial charge in [-0.25, -0.2) is 4.39 Å². The van der Waals surface area contributed by atoms with Crippen LogP contribution < -0.4 is 10.6 Å². The first kappa shape index (κ1) is 13.1. The normalized spacial score (nSPS) is 18.6. The summed E-state index contributed by atoms with van der Waals surface area (Å²) in [4.78, 5) is 4.09. The molecule has 0 saturated carbocycles. The SMILES string of the molecule is Cl.Fc1cnc2cccc(NC3CCNC3)c2c1. The number of hydrogen-bond donors (Lipinski definition) is 2. The molecule has 1 aromatic carbocycles. The van der Waals surface area contributed by atoms with E-state index in [4.69, 9.17) is 0 Å². The summed E-state index contributed by atoms with van der Waals surface area (Å²) in [5, 5.41) is 7.59. The molecule has 1 aromatic heterocycles. The minimum atomic E-state index is -0.295. The number of aromatic nitrogens is 1. The zero-order chi connectivity index (χ0) is 11.7. The summed E-state index contributed by atoms with van der Waals surface area (Å²) in [5.41, 5.74) is 1.78. The smallest absolute Gasteiger partial charge is 0.142 e. The fourth-order valence-corrected chi connectivity index (χ4v) is 2.25. The molecule has 0 bridgehead atoms. The molecule has 1 unspecified atom stereocenters. The number of benzene rings is 1. The van der Waals surface area contributed by atoms with Gasteiger partial charge in [0.05, 0.1) is 11.7 Å². The topological polar surface area (TPSA) is 37.0 Å². The number of halogens is 2. The third-order valence-corrected chi connectivity index (χ3v) is 3.11. The van der Waals surface area contributed by atoms with Crippen molar-refractivity contribution in [1.82, 2.24) is 10.3 Å². The molecule has 2 aromatic rings. The molecule has 1 fully saturated rings. The van der Waals surface area contributed by atoms with Gasteiger partial charge >= 0.3 is 0 Å². The number of nitrogens with one attached hydrogen (secondary N) is 2. The minimum Gasteiger partial charge on any atom is -0.380 e. The first-order valence-electron chi connectivity index (χ1n) is 5.84. The van der Waals surface area contributed by atoms with E-state index in [-0.39, 0.29) is 18.2 Å². The highest BCUT2D eigenvalue weighted by Gasteiger charge is 2.15. The Bertz CT molecular complexity index is 541. The molecule has 2 heterocycles. The molecule has 18 heavy (non-hydrogen) atoms. The van der Waals surface area contributed by atoms with Gasteiger partial charge in [-0.1, -0.05) is 6.07 Å². The molecule has 1 aliphatic heterocycles. The summed E-state index contributed by atoms with van der Waals surface area (Å²) in [6, 6.07) is 7.77. The molecule has 0 amide bonds. The van der Waals surface area contributed by atoms with Crippen LogP contribution in [0.5, 0.6) is 0 Å². The van der Waals surface area contributed by atoms with Crippen LogP contribution in [0.1, 0.15) is 6.42 Å². The molecule has 1 saturated heterocycles. The molecule has 1 atom stereocenters. The summed E-state index contributed by atoms with van der Waals surface area (Å²) < 4.78 is 13.2. The molecule has 0 spiro atoms. The van der Waals surface area contributed by atoms with Gasteiger partial charge in [0.25, 0.3) is 0 Å². The lowest BCUT2D eigenvalue weighted by molar-refractivity contribution is 0.624. The van der Waals surface area contributed by atoms with Crippen LogP contribution in [0.15, 0.2) is 30.5 Å². The third kappa shape index (κ3) is 2.54. The third-order valence-electron chi connectivity index (χ3n) is 3.11. The monoisotopic (exact) mass is 267 g/mol. The van der Waals surface area contributed by atoms with Gasteiger partial charge in [0.1, 0.15) is 5.82 Å². The summed E-state index contributed by atoms with van der Waals surface area (Å²) in [6.45, 7) is 1.99. The Morgan fingerprint density at radius 2 is 2.28 bits per heavy atom. The Kier molecular flexibility index (Phi) is 3.99. The van der Waals surface area contributed by atoms with Crippen molar-refractivity contribution in [1.29, 1.82) is 0 Å². The van der Waals surface area contributed by atoms with Gasteiger partial charge in [-0.15, -0.1) is 12.4 Å². The minimum absolute atomic E-state index is 0. The Morgan fingerprint density at radius 3 is 3.06 bits per heavy atom. The van der Waals surface area contributed by atoms with Crippen LogP contribution in [0, 0.1) is 5.82 Å². The second kappa shape index (κ2) is 5.50. The zero-order valence-electron chi connectivity index (χ0n) is 9.82. The molecule has 3 nitrogen and oxygen atoms in total. The van der Waals surface area contributed by atoms with Crippen molar-refractivity contribution in [3.8, 4) is 0 Å². The van der Waals surface area contributed by atoms with E-state index in [1.165, 1.54) is 12.3 Å². The molecule has 96 valence electrons. The van der Waals surface area contributed by atoms with Crippen molar-refractivity contribution in [2.45, 2.75) is 12.5 Å². The van der Waals surface area contributed by atoms with E-state index in [1.54, 1.807) is 0 Å². The lowest BCUT2D eigenvalue weighted by atomic mass is 10.1. The van der Waals surface area contributed by atoms with Gasteiger partial charge in [0.2, 0.25) is 0 Å². The van der Waals surface area contributed by atoms with Crippen molar-refractivity contribution < 1.29 is 4.39 Å². The molecular formula is C13H15ClFN3. The lowest BCUT2D eigenvalue weighted by Gasteiger charge is -2.14. The number of nitrogens with zero attached hydrogens (tertiary/aromatic N) is 1. The zero-order valence-corrected chi connectivity index (χ0v) is 10.6. The van der Waals surface area contributed by atoms with E-state index in [1.807, 2.05) is 18.2 Å². The van der Waals surface area contributed by atoms with Gasteiger partial charge in [0.15, 0.2) is 0 Å². The van der Waals surface area contributed by atoms with E-state index < -0.39 is 0 Å². The van der Waals surface area contributed by atoms with Crippen LogP contribution in [-0.2, 0) is 0 Å². The highest BCUT2D eigenvalue weighted by molar-refractivity contribution is 5.91. The van der Waals surface area contributed by atoms with Crippen LogP contribution >= 0.6 is 12.4 Å². The summed E-state index contributed by atoms with van der Waals surface area (Å²) in [6.07, 6.45) is 2.35. The molecule has 5 heteroatoms. The maximum atomic E-state index is 13.2. The number of hydrogen-bond acceptors (Lipinski definition) is 3. The van der Waals surface area contributed by atoms with Crippen molar-refractivity contribution in [3.63, 3.8) is 0 Å². The second-order valence-electron chi connectivity index (χ2n) is 4.36. The van der Waals surface area contributed by atoms with Crippen LogP contribution in [-0.4, -0.2) is 24.1 Å². The number of anilines is 1. The number of rotatable bonds is 2. The maximum absolute atomic E-state index is 13.2. The fourth-order valence-electron chi connectivity index (χ4n) is 2.25. The fraction of sp³-hybridized carbons (Fsp3) is 0.308. The Labute approximate surface area is 111 Å². The maximum Gasteiger partial charge on any atom is 0.142 e.